The van der Waals surface area contributed by atoms with Crippen LogP contribution in [0.2, 0.25) is 0 Å². The van der Waals surface area contributed by atoms with Gasteiger partial charge in [-0.1, -0.05) is 6.58 Å². The molecule has 0 rings (SSSR count). The Kier molecular flexibility index (Phi) is 4.58. The Morgan fingerprint density at radius 2 is 2.50 bits per heavy atom. The van der Waals surface area contributed by atoms with Gasteiger partial charge in [-0.2, -0.15) is 0 Å². The van der Waals surface area contributed by atoms with Gasteiger partial charge in [-0.3, -0.25) is 0 Å². The van der Waals surface area contributed by atoms with Crippen molar-refractivity contribution in [1.29, 1.82) is 0 Å². The van der Waals surface area contributed by atoms with E-state index >= 15 is 0 Å². The van der Waals surface area contributed by atoms with Crippen molar-refractivity contribution in [3.05, 3.63) is 12.7 Å². The maximum absolute atomic E-state index is 10.5. The monoisotopic (exact) mass is 143 g/mol. The number of hydrogen-bond donors (Lipinski definition) is 1. The Morgan fingerprint density at radius 3 is 2.90 bits per heavy atom. The predicted molar refractivity (Wildman–Crippen MR) is 39.4 cm³/mol. The number of rotatable bonds is 4. The molecule has 0 heterocycles. The van der Waals surface area contributed by atoms with E-state index in [0.29, 0.717) is 13.0 Å². The average molecular weight is 143 g/mol. The summed E-state index contributed by atoms with van der Waals surface area (Å²) in [5.74, 6) is -0.388. The maximum atomic E-state index is 10.5. The summed E-state index contributed by atoms with van der Waals surface area (Å²) in [6.07, 6.45) is 1.74. The summed E-state index contributed by atoms with van der Waals surface area (Å²) in [6.45, 7) is 5.60. The van der Waals surface area contributed by atoms with E-state index < -0.39 is 0 Å². The number of carbonyl (C=O) groups excluding carboxylic acids is 1. The molecule has 0 amide bonds. The molecule has 1 unspecified atom stereocenters. The molecular formula is C7H13NO2. The van der Waals surface area contributed by atoms with Gasteiger partial charge in [-0.05, 0) is 19.9 Å². The Balaban J connectivity index is 3.46. The summed E-state index contributed by atoms with van der Waals surface area (Å²) >= 11 is 0. The normalized spacial score (nSPS) is 12.2. The second-order valence-corrected chi connectivity index (χ2v) is 2.03. The van der Waals surface area contributed by atoms with Crippen LogP contribution in [-0.4, -0.2) is 18.6 Å². The topological polar surface area (TPSA) is 52.3 Å². The largest absolute Gasteiger partial charge is 0.459 e. The molecule has 0 aromatic rings. The van der Waals surface area contributed by atoms with Crippen LogP contribution in [0.4, 0.5) is 0 Å². The molecule has 0 aliphatic rings. The molecule has 0 aromatic heterocycles. The fourth-order valence-corrected chi connectivity index (χ4v) is 0.540. The molecule has 3 heteroatoms. The lowest BCUT2D eigenvalue weighted by molar-refractivity contribution is -0.142. The van der Waals surface area contributed by atoms with E-state index in [0.717, 1.165) is 6.08 Å². The lowest BCUT2D eigenvalue weighted by Gasteiger charge is -2.08. The number of hydrogen-bond acceptors (Lipinski definition) is 3. The smallest absolute Gasteiger partial charge is 0.330 e. The average Bonchev–Trinajstić information content (AvgIpc) is 1.88. The van der Waals surface area contributed by atoms with Crippen LogP contribution in [0.25, 0.3) is 0 Å². The van der Waals surface area contributed by atoms with Crippen molar-refractivity contribution in [2.24, 2.45) is 5.73 Å². The lowest BCUT2D eigenvalue weighted by atomic mass is 10.3. The molecule has 0 spiro atoms. The van der Waals surface area contributed by atoms with E-state index in [-0.39, 0.29) is 12.1 Å². The Bertz CT molecular complexity index is 123. The molecule has 0 saturated heterocycles. The SMILES string of the molecule is C=CC(=O)OC(C)CCN. The molecule has 58 valence electrons. The number of esters is 1. The summed E-state index contributed by atoms with van der Waals surface area (Å²) in [7, 11) is 0. The molecule has 0 fully saturated rings. The van der Waals surface area contributed by atoms with Crippen molar-refractivity contribution in [3.8, 4) is 0 Å². The molecule has 0 saturated carbocycles. The maximum Gasteiger partial charge on any atom is 0.330 e. The van der Waals surface area contributed by atoms with Gasteiger partial charge in [0.25, 0.3) is 0 Å². The van der Waals surface area contributed by atoms with Crippen LogP contribution < -0.4 is 5.73 Å². The Hall–Kier alpha value is -0.830. The first-order valence-electron chi connectivity index (χ1n) is 3.23. The highest BCUT2D eigenvalue weighted by Gasteiger charge is 2.03. The lowest BCUT2D eigenvalue weighted by Crippen LogP contribution is -2.16. The minimum atomic E-state index is -0.388. The van der Waals surface area contributed by atoms with Gasteiger partial charge in [0.05, 0.1) is 0 Å². The van der Waals surface area contributed by atoms with E-state index in [1.807, 2.05) is 0 Å². The van der Waals surface area contributed by atoms with Crippen LogP contribution >= 0.6 is 0 Å². The van der Waals surface area contributed by atoms with Crippen molar-refractivity contribution in [1.82, 2.24) is 0 Å². The van der Waals surface area contributed by atoms with E-state index in [9.17, 15) is 4.79 Å². The second kappa shape index (κ2) is 4.99. The summed E-state index contributed by atoms with van der Waals surface area (Å²) in [4.78, 5) is 10.5. The predicted octanol–water partition coefficient (Wildman–Crippen LogP) is 0.453. The first-order valence-corrected chi connectivity index (χ1v) is 3.23. The van der Waals surface area contributed by atoms with Gasteiger partial charge in [0, 0.05) is 6.08 Å². The fourth-order valence-electron chi connectivity index (χ4n) is 0.540. The van der Waals surface area contributed by atoms with Gasteiger partial charge in [0.15, 0.2) is 0 Å². The molecule has 0 aliphatic carbocycles. The molecule has 2 N–H and O–H groups in total. The van der Waals surface area contributed by atoms with Crippen molar-refractivity contribution in [2.45, 2.75) is 19.4 Å². The van der Waals surface area contributed by atoms with Gasteiger partial charge in [-0.25, -0.2) is 4.79 Å². The van der Waals surface area contributed by atoms with Crippen LogP contribution in [0.5, 0.6) is 0 Å². The van der Waals surface area contributed by atoms with Crippen molar-refractivity contribution in [2.75, 3.05) is 6.54 Å². The standard InChI is InChI=1S/C7H13NO2/c1-3-7(9)10-6(2)4-5-8/h3,6H,1,4-5,8H2,2H3. The first kappa shape index (κ1) is 9.17. The number of ether oxygens (including phenoxy) is 1. The van der Waals surface area contributed by atoms with Crippen molar-refractivity contribution in [3.63, 3.8) is 0 Å². The minimum absolute atomic E-state index is 0.101. The first-order chi connectivity index (χ1) is 4.70. The highest BCUT2D eigenvalue weighted by Crippen LogP contribution is 1.95. The van der Waals surface area contributed by atoms with E-state index in [1.54, 1.807) is 6.92 Å². The third-order valence-corrected chi connectivity index (χ3v) is 1.06. The van der Waals surface area contributed by atoms with Gasteiger partial charge < -0.3 is 10.5 Å². The Morgan fingerprint density at radius 1 is 1.90 bits per heavy atom. The molecule has 1 atom stereocenters. The molecule has 0 radical (unpaired) electrons. The minimum Gasteiger partial charge on any atom is -0.459 e. The van der Waals surface area contributed by atoms with E-state index in [4.69, 9.17) is 10.5 Å². The van der Waals surface area contributed by atoms with Gasteiger partial charge in [0.2, 0.25) is 0 Å². The van der Waals surface area contributed by atoms with Crippen molar-refractivity contribution < 1.29 is 9.53 Å². The zero-order chi connectivity index (χ0) is 7.98. The molecule has 10 heavy (non-hydrogen) atoms. The fraction of sp³-hybridized carbons (Fsp3) is 0.571. The summed E-state index contributed by atoms with van der Waals surface area (Å²) in [5, 5.41) is 0. The summed E-state index contributed by atoms with van der Waals surface area (Å²) < 4.78 is 4.80. The highest BCUT2D eigenvalue weighted by molar-refractivity contribution is 5.81. The third-order valence-electron chi connectivity index (χ3n) is 1.06. The number of nitrogens with two attached hydrogens (primary N) is 1. The van der Waals surface area contributed by atoms with E-state index in [2.05, 4.69) is 6.58 Å². The van der Waals surface area contributed by atoms with Crippen LogP contribution in [0.3, 0.4) is 0 Å². The summed E-state index contributed by atoms with van der Waals surface area (Å²) in [6, 6.07) is 0. The van der Waals surface area contributed by atoms with Crippen LogP contribution in [0.1, 0.15) is 13.3 Å². The van der Waals surface area contributed by atoms with Gasteiger partial charge in [0.1, 0.15) is 6.10 Å². The van der Waals surface area contributed by atoms with Gasteiger partial charge >= 0.3 is 5.97 Å². The number of carbonyl (C=O) groups is 1. The second-order valence-electron chi connectivity index (χ2n) is 2.03. The van der Waals surface area contributed by atoms with Crippen LogP contribution in [-0.2, 0) is 9.53 Å². The molecular weight excluding hydrogens is 130 g/mol. The van der Waals surface area contributed by atoms with Crippen LogP contribution in [0, 0.1) is 0 Å². The zero-order valence-electron chi connectivity index (χ0n) is 6.17. The van der Waals surface area contributed by atoms with Gasteiger partial charge in [-0.15, -0.1) is 0 Å². The summed E-state index contributed by atoms with van der Waals surface area (Å²) in [5.41, 5.74) is 5.23. The van der Waals surface area contributed by atoms with E-state index in [1.165, 1.54) is 0 Å². The van der Waals surface area contributed by atoms with Crippen LogP contribution in [0.15, 0.2) is 12.7 Å². The zero-order valence-corrected chi connectivity index (χ0v) is 6.17. The third kappa shape index (κ3) is 4.09. The molecule has 0 aromatic carbocycles. The van der Waals surface area contributed by atoms with Crippen molar-refractivity contribution >= 4 is 5.97 Å². The molecule has 3 nitrogen and oxygen atoms in total. The Labute approximate surface area is 60.9 Å². The molecule has 0 aliphatic heterocycles. The highest BCUT2D eigenvalue weighted by atomic mass is 16.5. The quantitative estimate of drug-likeness (QED) is 0.459. The molecule has 0 bridgehead atoms.